The highest BCUT2D eigenvalue weighted by atomic mass is 16.5. The lowest BCUT2D eigenvalue weighted by Crippen LogP contribution is -2.06. The van der Waals surface area contributed by atoms with E-state index in [0.717, 1.165) is 0 Å². The van der Waals surface area contributed by atoms with E-state index in [-0.39, 0.29) is 22.3 Å². The van der Waals surface area contributed by atoms with Crippen molar-refractivity contribution in [2.75, 3.05) is 14.2 Å². The van der Waals surface area contributed by atoms with E-state index >= 15 is 0 Å². The van der Waals surface area contributed by atoms with Gasteiger partial charge in [-0.1, -0.05) is 12.1 Å². The Hall–Kier alpha value is -3.15. The number of methoxy groups -OCH3 is 2. The molecule has 0 spiro atoms. The van der Waals surface area contributed by atoms with Gasteiger partial charge in [0.1, 0.15) is 33.8 Å². The summed E-state index contributed by atoms with van der Waals surface area (Å²) in [7, 11) is 2.95. The van der Waals surface area contributed by atoms with Crippen LogP contribution in [0.3, 0.4) is 0 Å². The number of rotatable bonds is 3. The van der Waals surface area contributed by atoms with Crippen LogP contribution < -0.4 is 14.9 Å². The molecule has 0 fully saturated rings. The van der Waals surface area contributed by atoms with E-state index in [2.05, 4.69) is 0 Å². The summed E-state index contributed by atoms with van der Waals surface area (Å²) in [6, 6.07) is 9.30. The lowest BCUT2D eigenvalue weighted by molar-refractivity contribution is 0.340. The van der Waals surface area contributed by atoms with Crippen LogP contribution >= 0.6 is 0 Å². The van der Waals surface area contributed by atoms with Crippen molar-refractivity contribution in [3.05, 3.63) is 46.6 Å². The van der Waals surface area contributed by atoms with Crippen molar-refractivity contribution in [3.8, 4) is 34.3 Å². The van der Waals surface area contributed by atoms with E-state index in [4.69, 9.17) is 13.9 Å². The molecule has 6 nitrogen and oxygen atoms in total. The Morgan fingerprint density at radius 2 is 1.61 bits per heavy atom. The number of ether oxygens (including phenoxy) is 2. The standard InChI is InChI=1S/C17H14O6/c1-21-10-5-3-9(4-6-10)14-16(19)15-12(18)7-11(22-2)8-13(15)23-17(14)20/h3-8,18,20H,1-2H3. The molecule has 0 saturated heterocycles. The molecule has 2 N–H and O–H groups in total. The fraction of sp³-hybridized carbons (Fsp3) is 0.118. The summed E-state index contributed by atoms with van der Waals surface area (Å²) in [6.45, 7) is 0. The monoisotopic (exact) mass is 314 g/mol. The molecule has 3 aromatic rings. The van der Waals surface area contributed by atoms with Crippen molar-refractivity contribution in [2.45, 2.75) is 0 Å². The van der Waals surface area contributed by atoms with Crippen LogP contribution in [-0.2, 0) is 0 Å². The van der Waals surface area contributed by atoms with Gasteiger partial charge in [-0.15, -0.1) is 0 Å². The predicted octanol–water partition coefficient (Wildman–Crippen LogP) is 2.89. The Labute approximate surface area is 131 Å². The van der Waals surface area contributed by atoms with E-state index in [1.165, 1.54) is 26.4 Å². The molecule has 0 radical (unpaired) electrons. The third-order valence-corrected chi connectivity index (χ3v) is 3.54. The van der Waals surface area contributed by atoms with Gasteiger partial charge in [-0.2, -0.15) is 0 Å². The topological polar surface area (TPSA) is 89.1 Å². The predicted molar refractivity (Wildman–Crippen MR) is 84.4 cm³/mol. The molecule has 0 amide bonds. The van der Waals surface area contributed by atoms with Gasteiger partial charge < -0.3 is 24.1 Å². The number of phenols is 1. The first kappa shape index (κ1) is 14.8. The molecule has 1 heterocycles. The molecule has 0 aliphatic heterocycles. The van der Waals surface area contributed by atoms with Gasteiger partial charge in [0.05, 0.1) is 14.2 Å². The van der Waals surface area contributed by atoms with Gasteiger partial charge in [-0.3, -0.25) is 4.79 Å². The Morgan fingerprint density at radius 1 is 0.957 bits per heavy atom. The summed E-state index contributed by atoms with van der Waals surface area (Å²) < 4.78 is 15.4. The zero-order chi connectivity index (χ0) is 16.6. The number of aromatic hydroxyl groups is 2. The van der Waals surface area contributed by atoms with Crippen LogP contribution in [0.4, 0.5) is 0 Å². The maximum absolute atomic E-state index is 12.7. The van der Waals surface area contributed by atoms with E-state index < -0.39 is 11.4 Å². The second-order valence-corrected chi connectivity index (χ2v) is 4.86. The largest absolute Gasteiger partial charge is 0.507 e. The molecule has 2 aromatic carbocycles. The minimum Gasteiger partial charge on any atom is -0.507 e. The molecule has 0 aliphatic carbocycles. The van der Waals surface area contributed by atoms with Gasteiger partial charge in [-0.05, 0) is 17.7 Å². The molecule has 1 aromatic heterocycles. The van der Waals surface area contributed by atoms with Crippen LogP contribution in [0.15, 0.2) is 45.6 Å². The maximum atomic E-state index is 12.7. The van der Waals surface area contributed by atoms with Crippen LogP contribution in [0.1, 0.15) is 0 Å². The van der Waals surface area contributed by atoms with Crippen LogP contribution in [0.25, 0.3) is 22.1 Å². The van der Waals surface area contributed by atoms with Crippen molar-refractivity contribution in [3.63, 3.8) is 0 Å². The molecular formula is C17H14O6. The number of hydrogen-bond acceptors (Lipinski definition) is 6. The van der Waals surface area contributed by atoms with Crippen LogP contribution in [0.2, 0.25) is 0 Å². The van der Waals surface area contributed by atoms with Crippen LogP contribution in [0.5, 0.6) is 23.2 Å². The average Bonchev–Trinajstić information content (AvgIpc) is 2.54. The summed E-state index contributed by atoms with van der Waals surface area (Å²) in [5.74, 6) is 0.129. The minimum atomic E-state index is -0.533. The van der Waals surface area contributed by atoms with Crippen molar-refractivity contribution in [2.24, 2.45) is 0 Å². The molecule has 0 atom stereocenters. The number of hydrogen-bond donors (Lipinski definition) is 2. The Morgan fingerprint density at radius 3 is 2.22 bits per heavy atom. The second kappa shape index (κ2) is 5.57. The average molecular weight is 314 g/mol. The first-order valence-corrected chi connectivity index (χ1v) is 6.76. The smallest absolute Gasteiger partial charge is 0.294 e. The molecule has 0 unspecified atom stereocenters. The third-order valence-electron chi connectivity index (χ3n) is 3.54. The van der Waals surface area contributed by atoms with Crippen molar-refractivity contribution < 1.29 is 24.1 Å². The molecule has 0 aliphatic rings. The molecule has 3 rings (SSSR count). The van der Waals surface area contributed by atoms with E-state index in [1.807, 2.05) is 0 Å². The van der Waals surface area contributed by atoms with E-state index in [0.29, 0.717) is 17.1 Å². The highest BCUT2D eigenvalue weighted by molar-refractivity contribution is 5.89. The third kappa shape index (κ3) is 2.44. The van der Waals surface area contributed by atoms with Crippen molar-refractivity contribution in [1.29, 1.82) is 0 Å². The van der Waals surface area contributed by atoms with Crippen molar-refractivity contribution >= 4 is 11.0 Å². The molecular weight excluding hydrogens is 300 g/mol. The molecule has 0 bridgehead atoms. The summed E-state index contributed by atoms with van der Waals surface area (Å²) in [5, 5.41) is 20.2. The molecule has 0 saturated carbocycles. The molecule has 23 heavy (non-hydrogen) atoms. The highest BCUT2D eigenvalue weighted by Crippen LogP contribution is 2.35. The van der Waals surface area contributed by atoms with Crippen LogP contribution in [0, 0.1) is 0 Å². The summed E-state index contributed by atoms with van der Waals surface area (Å²) in [4.78, 5) is 12.7. The number of phenolic OH excluding ortho intramolecular Hbond substituents is 1. The van der Waals surface area contributed by atoms with Gasteiger partial charge in [-0.25, -0.2) is 0 Å². The fourth-order valence-electron chi connectivity index (χ4n) is 2.39. The Balaban J connectivity index is 2.29. The normalized spacial score (nSPS) is 10.7. The van der Waals surface area contributed by atoms with Crippen molar-refractivity contribution in [1.82, 2.24) is 0 Å². The first-order valence-electron chi connectivity index (χ1n) is 6.76. The number of benzene rings is 2. The quantitative estimate of drug-likeness (QED) is 0.772. The fourth-order valence-corrected chi connectivity index (χ4v) is 2.39. The zero-order valence-electron chi connectivity index (χ0n) is 12.5. The van der Waals surface area contributed by atoms with Gasteiger partial charge in [0.25, 0.3) is 5.95 Å². The highest BCUT2D eigenvalue weighted by Gasteiger charge is 2.19. The number of fused-ring (bicyclic) bond motifs is 1. The van der Waals surface area contributed by atoms with Gasteiger partial charge in [0.15, 0.2) is 0 Å². The molecule has 6 heteroatoms. The van der Waals surface area contributed by atoms with Gasteiger partial charge in [0, 0.05) is 12.1 Å². The lowest BCUT2D eigenvalue weighted by Gasteiger charge is -2.08. The summed E-state index contributed by atoms with van der Waals surface area (Å²) in [5.41, 5.74) is -0.0644. The second-order valence-electron chi connectivity index (χ2n) is 4.86. The SMILES string of the molecule is COc1ccc(-c2c(O)oc3cc(OC)cc(O)c3c2=O)cc1. The summed E-state index contributed by atoms with van der Waals surface area (Å²) >= 11 is 0. The van der Waals surface area contributed by atoms with E-state index in [9.17, 15) is 15.0 Å². The Bertz CT molecular complexity index is 924. The first-order chi connectivity index (χ1) is 11.0. The van der Waals surface area contributed by atoms with Crippen LogP contribution in [-0.4, -0.2) is 24.4 Å². The zero-order valence-corrected chi connectivity index (χ0v) is 12.5. The van der Waals surface area contributed by atoms with Gasteiger partial charge >= 0.3 is 0 Å². The molecule has 118 valence electrons. The Kier molecular flexibility index (Phi) is 3.57. The maximum Gasteiger partial charge on any atom is 0.294 e. The lowest BCUT2D eigenvalue weighted by atomic mass is 10.0. The minimum absolute atomic E-state index is 0.0191. The summed E-state index contributed by atoms with van der Waals surface area (Å²) in [6.07, 6.45) is 0. The van der Waals surface area contributed by atoms with Gasteiger partial charge in [0.2, 0.25) is 5.43 Å². The van der Waals surface area contributed by atoms with E-state index in [1.54, 1.807) is 24.3 Å².